The molecule has 0 bridgehead atoms. The molecule has 2 nitrogen and oxygen atoms in total. The van der Waals surface area contributed by atoms with Crippen molar-refractivity contribution in [2.24, 2.45) is 5.73 Å². The molecule has 2 N–H and O–H groups in total. The molecule has 0 radical (unpaired) electrons. The predicted octanol–water partition coefficient (Wildman–Crippen LogP) is 2.89. The highest BCUT2D eigenvalue weighted by Gasteiger charge is 2.08. The average molecular weight is 263 g/mol. The molecule has 15 heavy (non-hydrogen) atoms. The van der Waals surface area contributed by atoms with Crippen molar-refractivity contribution in [1.82, 2.24) is 4.98 Å². The first kappa shape index (κ1) is 10.3. The van der Waals surface area contributed by atoms with Gasteiger partial charge in [-0.15, -0.1) is 0 Å². The van der Waals surface area contributed by atoms with Gasteiger partial charge in [-0.25, -0.2) is 0 Å². The molecule has 0 aliphatic rings. The third-order valence-corrected chi connectivity index (χ3v) is 2.68. The first-order chi connectivity index (χ1) is 7.27. The molecule has 3 heteroatoms. The van der Waals surface area contributed by atoms with Crippen LogP contribution in [0.15, 0.2) is 53.3 Å². The maximum absolute atomic E-state index is 6.12. The van der Waals surface area contributed by atoms with Crippen molar-refractivity contribution in [2.45, 2.75) is 6.04 Å². The minimum absolute atomic E-state index is 0.115. The number of nitrogens with two attached hydrogens (primary N) is 1. The van der Waals surface area contributed by atoms with Crippen molar-refractivity contribution in [2.75, 3.05) is 0 Å². The summed E-state index contributed by atoms with van der Waals surface area (Å²) in [5.41, 5.74) is 8.23. The highest BCUT2D eigenvalue weighted by atomic mass is 79.9. The van der Waals surface area contributed by atoms with Crippen LogP contribution < -0.4 is 5.73 Å². The van der Waals surface area contributed by atoms with E-state index in [1.807, 2.05) is 36.4 Å². The Morgan fingerprint density at radius 3 is 2.47 bits per heavy atom. The molecule has 2 aromatic rings. The lowest BCUT2D eigenvalue weighted by Crippen LogP contribution is -2.11. The van der Waals surface area contributed by atoms with Gasteiger partial charge in [-0.2, -0.15) is 0 Å². The Hall–Kier alpha value is -1.19. The molecule has 0 fully saturated rings. The SMILES string of the molecule is N[C@H](c1ccccc1)c1cncc(Br)c1. The van der Waals surface area contributed by atoms with Gasteiger partial charge in [-0.1, -0.05) is 30.3 Å². The van der Waals surface area contributed by atoms with Crippen LogP contribution in [0.3, 0.4) is 0 Å². The van der Waals surface area contributed by atoms with E-state index >= 15 is 0 Å². The maximum atomic E-state index is 6.12. The second-order valence-electron chi connectivity index (χ2n) is 3.32. The molecule has 0 saturated heterocycles. The summed E-state index contributed by atoms with van der Waals surface area (Å²) in [4.78, 5) is 4.10. The minimum Gasteiger partial charge on any atom is -0.320 e. The third-order valence-electron chi connectivity index (χ3n) is 2.24. The molecule has 0 aliphatic heterocycles. The second kappa shape index (κ2) is 4.55. The van der Waals surface area contributed by atoms with E-state index in [1.165, 1.54) is 0 Å². The molecule has 1 aromatic carbocycles. The summed E-state index contributed by atoms with van der Waals surface area (Å²) in [6, 6.07) is 11.9. The number of hydrogen-bond donors (Lipinski definition) is 1. The quantitative estimate of drug-likeness (QED) is 0.904. The fourth-order valence-corrected chi connectivity index (χ4v) is 1.83. The van der Waals surface area contributed by atoms with E-state index in [0.717, 1.165) is 15.6 Å². The van der Waals surface area contributed by atoms with Gasteiger partial charge in [-0.05, 0) is 33.1 Å². The summed E-state index contributed by atoms with van der Waals surface area (Å²) in [5, 5.41) is 0. The molecular formula is C12H11BrN2. The van der Waals surface area contributed by atoms with Crippen LogP contribution in [0.1, 0.15) is 17.2 Å². The van der Waals surface area contributed by atoms with Crippen molar-refractivity contribution in [3.8, 4) is 0 Å². The van der Waals surface area contributed by atoms with Gasteiger partial charge in [0.15, 0.2) is 0 Å². The lowest BCUT2D eigenvalue weighted by molar-refractivity contribution is 0.862. The van der Waals surface area contributed by atoms with Crippen molar-refractivity contribution in [3.63, 3.8) is 0 Å². The summed E-state index contributed by atoms with van der Waals surface area (Å²) >= 11 is 3.38. The summed E-state index contributed by atoms with van der Waals surface area (Å²) in [6.45, 7) is 0. The molecule has 1 atom stereocenters. The molecule has 2 rings (SSSR count). The fraction of sp³-hybridized carbons (Fsp3) is 0.0833. The van der Waals surface area contributed by atoms with E-state index in [-0.39, 0.29) is 6.04 Å². The van der Waals surface area contributed by atoms with Crippen molar-refractivity contribution >= 4 is 15.9 Å². The van der Waals surface area contributed by atoms with Crippen LogP contribution in [-0.4, -0.2) is 4.98 Å². The van der Waals surface area contributed by atoms with E-state index in [1.54, 1.807) is 12.4 Å². The van der Waals surface area contributed by atoms with Gasteiger partial charge in [0.25, 0.3) is 0 Å². The highest BCUT2D eigenvalue weighted by molar-refractivity contribution is 9.10. The Bertz CT molecular complexity index is 442. The Morgan fingerprint density at radius 2 is 1.80 bits per heavy atom. The van der Waals surface area contributed by atoms with Gasteiger partial charge in [0.2, 0.25) is 0 Å². The van der Waals surface area contributed by atoms with Crippen molar-refractivity contribution in [3.05, 3.63) is 64.4 Å². The van der Waals surface area contributed by atoms with E-state index in [4.69, 9.17) is 5.73 Å². The van der Waals surface area contributed by atoms with Gasteiger partial charge in [-0.3, -0.25) is 4.98 Å². The molecule has 76 valence electrons. The predicted molar refractivity (Wildman–Crippen MR) is 64.4 cm³/mol. The number of hydrogen-bond acceptors (Lipinski definition) is 2. The average Bonchev–Trinajstić information content (AvgIpc) is 2.29. The molecule has 0 saturated carbocycles. The van der Waals surface area contributed by atoms with Crippen LogP contribution in [-0.2, 0) is 0 Å². The van der Waals surface area contributed by atoms with Gasteiger partial charge in [0.1, 0.15) is 0 Å². The number of halogens is 1. The van der Waals surface area contributed by atoms with Crippen LogP contribution in [0.25, 0.3) is 0 Å². The topological polar surface area (TPSA) is 38.9 Å². The lowest BCUT2D eigenvalue weighted by Gasteiger charge is -2.11. The Balaban J connectivity index is 2.32. The first-order valence-electron chi connectivity index (χ1n) is 4.68. The van der Waals surface area contributed by atoms with Gasteiger partial charge in [0.05, 0.1) is 6.04 Å². The van der Waals surface area contributed by atoms with E-state index in [0.29, 0.717) is 0 Å². The molecule has 0 aliphatic carbocycles. The van der Waals surface area contributed by atoms with E-state index in [2.05, 4.69) is 20.9 Å². The zero-order valence-corrected chi connectivity index (χ0v) is 9.68. The number of benzene rings is 1. The number of rotatable bonds is 2. The van der Waals surface area contributed by atoms with E-state index < -0.39 is 0 Å². The van der Waals surface area contributed by atoms with Gasteiger partial charge in [0, 0.05) is 16.9 Å². The highest BCUT2D eigenvalue weighted by Crippen LogP contribution is 2.20. The molecule has 0 amide bonds. The van der Waals surface area contributed by atoms with Crippen LogP contribution in [0.5, 0.6) is 0 Å². The second-order valence-corrected chi connectivity index (χ2v) is 4.24. The van der Waals surface area contributed by atoms with Gasteiger partial charge < -0.3 is 5.73 Å². The molecule has 1 aromatic heterocycles. The molecular weight excluding hydrogens is 252 g/mol. The van der Waals surface area contributed by atoms with Crippen LogP contribution in [0.2, 0.25) is 0 Å². The van der Waals surface area contributed by atoms with Crippen LogP contribution in [0.4, 0.5) is 0 Å². The third kappa shape index (κ3) is 2.43. The number of nitrogens with zero attached hydrogens (tertiary/aromatic N) is 1. The summed E-state index contributed by atoms with van der Waals surface area (Å²) in [7, 11) is 0. The Kier molecular flexibility index (Phi) is 3.14. The normalized spacial score (nSPS) is 12.4. The first-order valence-corrected chi connectivity index (χ1v) is 5.47. The fourth-order valence-electron chi connectivity index (χ4n) is 1.45. The number of aromatic nitrogens is 1. The lowest BCUT2D eigenvalue weighted by atomic mass is 10.0. The number of pyridine rings is 1. The molecule has 0 spiro atoms. The van der Waals surface area contributed by atoms with Gasteiger partial charge >= 0.3 is 0 Å². The largest absolute Gasteiger partial charge is 0.320 e. The zero-order chi connectivity index (χ0) is 10.7. The zero-order valence-electron chi connectivity index (χ0n) is 8.10. The molecule has 0 unspecified atom stereocenters. The maximum Gasteiger partial charge on any atom is 0.0567 e. The summed E-state index contributed by atoms with van der Waals surface area (Å²) in [6.07, 6.45) is 3.55. The van der Waals surface area contributed by atoms with Crippen LogP contribution in [0, 0.1) is 0 Å². The summed E-state index contributed by atoms with van der Waals surface area (Å²) < 4.78 is 0.950. The smallest absolute Gasteiger partial charge is 0.0567 e. The van der Waals surface area contributed by atoms with Crippen molar-refractivity contribution < 1.29 is 0 Å². The Labute approximate surface area is 97.3 Å². The summed E-state index contributed by atoms with van der Waals surface area (Å²) in [5.74, 6) is 0. The monoisotopic (exact) mass is 262 g/mol. The standard InChI is InChI=1S/C12H11BrN2/c13-11-6-10(7-15-8-11)12(14)9-4-2-1-3-5-9/h1-8,12H,14H2/t12-/m1/s1. The minimum atomic E-state index is -0.115. The molecule has 1 heterocycles. The van der Waals surface area contributed by atoms with Crippen LogP contribution >= 0.6 is 15.9 Å². The Morgan fingerprint density at radius 1 is 1.07 bits per heavy atom. The van der Waals surface area contributed by atoms with Crippen molar-refractivity contribution in [1.29, 1.82) is 0 Å². The van der Waals surface area contributed by atoms with E-state index in [9.17, 15) is 0 Å².